The lowest BCUT2D eigenvalue weighted by Gasteiger charge is -1.96. The molecule has 0 fully saturated rings. The zero-order valence-electron chi connectivity index (χ0n) is 8.81. The predicted octanol–water partition coefficient (Wildman–Crippen LogP) is 3.70. The number of nitrogens with zero attached hydrogens (tertiary/aromatic N) is 1. The molecule has 0 aliphatic carbocycles. The highest BCUT2D eigenvalue weighted by Gasteiger charge is 2.05. The molecule has 0 saturated carbocycles. The third-order valence-electron chi connectivity index (χ3n) is 2.56. The van der Waals surface area contributed by atoms with Crippen molar-refractivity contribution in [3.05, 3.63) is 46.9 Å². The molecule has 0 radical (unpaired) electrons. The first-order valence-electron chi connectivity index (χ1n) is 5.17. The van der Waals surface area contributed by atoms with E-state index in [1.165, 1.54) is 0 Å². The molecule has 0 unspecified atom stereocenters. The van der Waals surface area contributed by atoms with Gasteiger partial charge in [-0.3, -0.25) is 0 Å². The van der Waals surface area contributed by atoms with Crippen molar-refractivity contribution in [2.75, 3.05) is 0 Å². The van der Waals surface area contributed by atoms with Gasteiger partial charge in [0.05, 0.1) is 11.0 Å². The fraction of sp³-hybridized carbons (Fsp3) is 0. The van der Waals surface area contributed by atoms with Crippen LogP contribution in [0.5, 0.6) is 5.75 Å². The van der Waals surface area contributed by atoms with Crippen LogP contribution < -0.4 is 0 Å². The van der Waals surface area contributed by atoms with Crippen LogP contribution in [-0.4, -0.2) is 15.1 Å². The maximum atomic E-state index is 9.40. The lowest BCUT2D eigenvalue weighted by atomic mass is 10.2. The Balaban J connectivity index is 2.18. The zero-order valence-corrected chi connectivity index (χ0v) is 10.4. The van der Waals surface area contributed by atoms with E-state index in [9.17, 15) is 5.11 Å². The number of hydrogen-bond acceptors (Lipinski definition) is 2. The van der Waals surface area contributed by atoms with Crippen LogP contribution in [0.4, 0.5) is 0 Å². The van der Waals surface area contributed by atoms with Crippen LogP contribution in [0.2, 0.25) is 0 Å². The molecule has 1 heterocycles. The second kappa shape index (κ2) is 3.89. The molecule has 1 aromatic heterocycles. The second-order valence-electron chi connectivity index (χ2n) is 3.80. The molecule has 0 saturated heterocycles. The molecule has 0 aliphatic rings. The molecule has 4 heteroatoms. The van der Waals surface area contributed by atoms with E-state index in [-0.39, 0.29) is 5.75 Å². The minimum Gasteiger partial charge on any atom is -0.508 e. The number of nitrogens with one attached hydrogen (secondary N) is 1. The Labute approximate surface area is 106 Å². The van der Waals surface area contributed by atoms with E-state index in [0.717, 1.165) is 26.9 Å². The third-order valence-corrected chi connectivity index (χ3v) is 3.06. The van der Waals surface area contributed by atoms with Gasteiger partial charge in [0, 0.05) is 16.1 Å². The highest BCUT2D eigenvalue weighted by atomic mass is 79.9. The number of phenols is 1. The van der Waals surface area contributed by atoms with Crippen LogP contribution in [0, 0.1) is 0 Å². The normalized spacial score (nSPS) is 10.9. The molecule has 2 N–H and O–H groups in total. The number of imidazole rings is 1. The minimum atomic E-state index is 0.238. The average molecular weight is 289 g/mol. The van der Waals surface area contributed by atoms with Gasteiger partial charge in [0.2, 0.25) is 0 Å². The van der Waals surface area contributed by atoms with Crippen LogP contribution in [-0.2, 0) is 0 Å². The van der Waals surface area contributed by atoms with Crippen molar-refractivity contribution in [3.63, 3.8) is 0 Å². The zero-order chi connectivity index (χ0) is 11.8. The van der Waals surface area contributed by atoms with Crippen LogP contribution in [0.15, 0.2) is 46.9 Å². The number of aromatic nitrogens is 2. The van der Waals surface area contributed by atoms with Crippen molar-refractivity contribution in [1.29, 1.82) is 0 Å². The quantitative estimate of drug-likeness (QED) is 0.717. The molecule has 3 aromatic rings. The molecule has 17 heavy (non-hydrogen) atoms. The highest BCUT2D eigenvalue weighted by molar-refractivity contribution is 9.10. The molecule has 0 amide bonds. The molecular formula is C13H9BrN2O. The number of rotatable bonds is 1. The summed E-state index contributed by atoms with van der Waals surface area (Å²) in [6, 6.07) is 13.0. The number of aromatic hydroxyl groups is 1. The van der Waals surface area contributed by atoms with E-state index in [2.05, 4.69) is 25.9 Å². The first-order chi connectivity index (χ1) is 8.22. The van der Waals surface area contributed by atoms with E-state index in [0.29, 0.717) is 0 Å². The summed E-state index contributed by atoms with van der Waals surface area (Å²) >= 11 is 3.43. The van der Waals surface area contributed by atoms with Crippen LogP contribution in [0.3, 0.4) is 0 Å². The summed E-state index contributed by atoms with van der Waals surface area (Å²) in [5.74, 6) is 1.04. The topological polar surface area (TPSA) is 48.9 Å². The molecule has 0 bridgehead atoms. The van der Waals surface area contributed by atoms with Gasteiger partial charge in [0.1, 0.15) is 11.6 Å². The van der Waals surface area contributed by atoms with Gasteiger partial charge >= 0.3 is 0 Å². The van der Waals surface area contributed by atoms with E-state index in [4.69, 9.17) is 0 Å². The monoisotopic (exact) mass is 288 g/mol. The van der Waals surface area contributed by atoms with Gasteiger partial charge in [-0.15, -0.1) is 0 Å². The van der Waals surface area contributed by atoms with Crippen molar-refractivity contribution in [3.8, 4) is 17.1 Å². The van der Waals surface area contributed by atoms with Crippen molar-refractivity contribution in [2.45, 2.75) is 0 Å². The van der Waals surface area contributed by atoms with Crippen LogP contribution >= 0.6 is 15.9 Å². The average Bonchev–Trinajstić information content (AvgIpc) is 2.72. The Hall–Kier alpha value is -1.81. The Morgan fingerprint density at radius 3 is 2.82 bits per heavy atom. The number of H-pyrrole nitrogens is 1. The Morgan fingerprint density at radius 2 is 2.00 bits per heavy atom. The SMILES string of the molecule is Oc1ccc2nc(-c3cccc(Br)c3)[nH]c2c1. The highest BCUT2D eigenvalue weighted by Crippen LogP contribution is 2.24. The third kappa shape index (κ3) is 1.91. The molecule has 0 atom stereocenters. The maximum absolute atomic E-state index is 9.40. The number of hydrogen-bond donors (Lipinski definition) is 2. The minimum absolute atomic E-state index is 0.238. The van der Waals surface area contributed by atoms with Gasteiger partial charge < -0.3 is 10.1 Å². The number of aromatic amines is 1. The Kier molecular flexibility index (Phi) is 2.37. The van der Waals surface area contributed by atoms with Gasteiger partial charge in [0.25, 0.3) is 0 Å². The number of fused-ring (bicyclic) bond motifs is 1. The summed E-state index contributed by atoms with van der Waals surface area (Å²) < 4.78 is 1.01. The number of benzene rings is 2. The fourth-order valence-corrected chi connectivity index (χ4v) is 2.17. The van der Waals surface area contributed by atoms with E-state index >= 15 is 0 Å². The van der Waals surface area contributed by atoms with Crippen molar-refractivity contribution < 1.29 is 5.11 Å². The molecule has 3 nitrogen and oxygen atoms in total. The summed E-state index contributed by atoms with van der Waals surface area (Å²) in [6.45, 7) is 0. The smallest absolute Gasteiger partial charge is 0.138 e. The second-order valence-corrected chi connectivity index (χ2v) is 4.71. The van der Waals surface area contributed by atoms with Crippen LogP contribution in [0.1, 0.15) is 0 Å². The summed E-state index contributed by atoms with van der Waals surface area (Å²) in [4.78, 5) is 7.67. The lowest BCUT2D eigenvalue weighted by Crippen LogP contribution is -1.79. The summed E-state index contributed by atoms with van der Waals surface area (Å²) in [5, 5.41) is 9.40. The van der Waals surface area contributed by atoms with E-state index in [1.807, 2.05) is 24.3 Å². The van der Waals surface area contributed by atoms with E-state index in [1.54, 1.807) is 18.2 Å². The van der Waals surface area contributed by atoms with Gasteiger partial charge in [-0.25, -0.2) is 4.98 Å². The Bertz CT molecular complexity index is 691. The van der Waals surface area contributed by atoms with E-state index < -0.39 is 0 Å². The van der Waals surface area contributed by atoms with Gasteiger partial charge in [-0.05, 0) is 24.3 Å². The van der Waals surface area contributed by atoms with Gasteiger partial charge in [-0.1, -0.05) is 28.1 Å². The Morgan fingerprint density at radius 1 is 1.12 bits per heavy atom. The van der Waals surface area contributed by atoms with Gasteiger partial charge in [-0.2, -0.15) is 0 Å². The van der Waals surface area contributed by atoms with Crippen molar-refractivity contribution in [1.82, 2.24) is 9.97 Å². The van der Waals surface area contributed by atoms with Crippen molar-refractivity contribution in [2.24, 2.45) is 0 Å². The first-order valence-corrected chi connectivity index (χ1v) is 5.96. The number of halogens is 1. The summed E-state index contributed by atoms with van der Waals surface area (Å²) in [6.07, 6.45) is 0. The molecule has 2 aromatic carbocycles. The standard InChI is InChI=1S/C13H9BrN2O/c14-9-3-1-2-8(6-9)13-15-11-5-4-10(17)7-12(11)16-13/h1-7,17H,(H,15,16). The number of phenolic OH excluding ortho intramolecular Hbond substituents is 1. The predicted molar refractivity (Wildman–Crippen MR) is 70.9 cm³/mol. The largest absolute Gasteiger partial charge is 0.508 e. The summed E-state index contributed by atoms with van der Waals surface area (Å²) in [5.41, 5.74) is 2.69. The molecule has 84 valence electrons. The molecule has 3 rings (SSSR count). The molecule has 0 aliphatic heterocycles. The lowest BCUT2D eigenvalue weighted by molar-refractivity contribution is 0.476. The summed E-state index contributed by atoms with van der Waals surface area (Å²) in [7, 11) is 0. The maximum Gasteiger partial charge on any atom is 0.138 e. The molecule has 0 spiro atoms. The molecular weight excluding hydrogens is 280 g/mol. The van der Waals surface area contributed by atoms with Crippen LogP contribution in [0.25, 0.3) is 22.4 Å². The van der Waals surface area contributed by atoms with Crippen molar-refractivity contribution >= 4 is 27.0 Å². The fourth-order valence-electron chi connectivity index (χ4n) is 1.77. The van der Waals surface area contributed by atoms with Gasteiger partial charge in [0.15, 0.2) is 0 Å². The first kappa shape index (κ1) is 10.4.